The van der Waals surface area contributed by atoms with Crippen LogP contribution in [0.5, 0.6) is 23.0 Å². The molecule has 0 bridgehead atoms. The minimum Gasteiger partial charge on any atom is -0.488 e. The van der Waals surface area contributed by atoms with Crippen LogP contribution < -0.4 is 29.6 Å². The molecule has 18 heteroatoms. The normalized spacial score (nSPS) is 13.6. The van der Waals surface area contributed by atoms with Gasteiger partial charge in [0.25, 0.3) is 0 Å². The quantitative estimate of drug-likeness (QED) is 0.0269. The number of nitrogens with zero attached hydrogens (tertiary/aromatic N) is 3. The zero-order valence-electron chi connectivity index (χ0n) is 39.4. The van der Waals surface area contributed by atoms with Crippen molar-refractivity contribution in [1.82, 2.24) is 20.6 Å². The van der Waals surface area contributed by atoms with E-state index in [4.69, 9.17) is 47.6 Å². The Morgan fingerprint density at radius 3 is 1.54 bits per heavy atom. The molecule has 2 aromatic heterocycles. The lowest BCUT2D eigenvalue weighted by molar-refractivity contribution is -0.143. The number of ether oxygens (including phenoxy) is 4. The number of aliphatic imine (C=N–C) groups is 1. The van der Waals surface area contributed by atoms with Crippen molar-refractivity contribution in [2.24, 2.45) is 4.99 Å². The maximum absolute atomic E-state index is 11.9. The SMILES string of the molecule is Cc1c(COc2cc(OCc3cncc(C=N)c3)c(CN[C@H](C(=O)O)[C@@H](C)O)cc2Cl)cccc1-c1cccc(COc2cc(OCc3cncc(C4=NC4)c3)c(CN[C@H](C(=O)O)[C@@H](C)O)cc2Cl)c1C. The summed E-state index contributed by atoms with van der Waals surface area (Å²) in [5, 5.41) is 53.4. The highest BCUT2D eigenvalue weighted by atomic mass is 35.5. The molecule has 0 fully saturated rings. The van der Waals surface area contributed by atoms with Gasteiger partial charge in [-0.2, -0.15) is 0 Å². The number of hydrogen-bond donors (Lipinski definition) is 7. The second kappa shape index (κ2) is 23.8. The highest BCUT2D eigenvalue weighted by molar-refractivity contribution is 6.32. The number of aliphatic carboxylic acids is 2. The number of carbonyl (C=O) groups is 2. The van der Waals surface area contributed by atoms with E-state index in [1.807, 2.05) is 56.3 Å². The molecule has 370 valence electrons. The molecule has 7 N–H and O–H groups in total. The molecule has 4 atom stereocenters. The molecule has 0 saturated carbocycles. The molecular weight excluding hydrogens is 952 g/mol. The maximum atomic E-state index is 11.9. The molecule has 0 unspecified atom stereocenters. The highest BCUT2D eigenvalue weighted by Crippen LogP contribution is 2.38. The zero-order chi connectivity index (χ0) is 50.8. The topological polar surface area (TPSA) is 238 Å². The van der Waals surface area contributed by atoms with Crippen LogP contribution in [0.25, 0.3) is 11.1 Å². The van der Waals surface area contributed by atoms with Crippen molar-refractivity contribution in [1.29, 1.82) is 5.41 Å². The van der Waals surface area contributed by atoms with Gasteiger partial charge in [0.2, 0.25) is 0 Å². The van der Waals surface area contributed by atoms with E-state index in [1.165, 1.54) is 20.1 Å². The van der Waals surface area contributed by atoms with E-state index >= 15 is 0 Å². The van der Waals surface area contributed by atoms with E-state index in [1.54, 1.807) is 55.1 Å². The van der Waals surface area contributed by atoms with Crippen LogP contribution >= 0.6 is 23.2 Å². The molecule has 1 aliphatic rings. The summed E-state index contributed by atoms with van der Waals surface area (Å²) in [5.74, 6) is -0.947. The molecule has 16 nitrogen and oxygen atoms in total. The fourth-order valence-electron chi connectivity index (χ4n) is 7.79. The number of aliphatic hydroxyl groups is 2. The molecule has 7 rings (SSSR count). The Labute approximate surface area is 420 Å². The van der Waals surface area contributed by atoms with E-state index in [0.29, 0.717) is 51.8 Å². The third-order valence-electron chi connectivity index (χ3n) is 11.9. The lowest BCUT2D eigenvalue weighted by Crippen LogP contribution is -2.44. The van der Waals surface area contributed by atoms with E-state index in [9.17, 15) is 30.0 Å². The van der Waals surface area contributed by atoms with E-state index < -0.39 is 36.2 Å². The number of carboxylic acids is 2. The standard InChI is InChI=1S/C53H54Cl2N6O10/c1-29-36(27-70-48-15-46(68-25-34-11-33(17-56)18-57-19-34)39(13-43(48)54)22-60-50(31(3)62)52(64)65)7-5-9-41(29)42-10-6-8-37(30(42)2)28-71-49-16-47(69-26-35-12-38(21-58-20-35)45-24-59-45)40(14-44(49)55)23-61-51(32(4)63)53(66)67/h5-21,31-32,50-51,56,60-63H,22-28H2,1-4H3,(H,64,65)(H,66,67)/t31-,32-,50+,51+/m1/s1. The monoisotopic (exact) mass is 1000 g/mol. The minimum atomic E-state index is -1.24. The van der Waals surface area contributed by atoms with Gasteiger partial charge in [0.1, 0.15) is 61.5 Å². The lowest BCUT2D eigenvalue weighted by Gasteiger charge is -2.20. The van der Waals surface area contributed by atoms with Crippen molar-refractivity contribution < 1.29 is 49.0 Å². The lowest BCUT2D eigenvalue weighted by atomic mass is 9.92. The van der Waals surface area contributed by atoms with Crippen molar-refractivity contribution in [3.8, 4) is 34.1 Å². The minimum absolute atomic E-state index is 0.0138. The summed E-state index contributed by atoms with van der Waals surface area (Å²) in [5.41, 5.74) is 10.8. The number of pyridine rings is 2. The van der Waals surface area contributed by atoms with Crippen molar-refractivity contribution in [2.75, 3.05) is 6.54 Å². The summed E-state index contributed by atoms with van der Waals surface area (Å²) in [4.78, 5) is 36.5. The summed E-state index contributed by atoms with van der Waals surface area (Å²) in [6.07, 6.45) is 5.50. The van der Waals surface area contributed by atoms with Gasteiger partial charge in [-0.15, -0.1) is 0 Å². The smallest absolute Gasteiger partial charge is 0.323 e. The molecule has 0 amide bonds. The molecule has 0 spiro atoms. The van der Waals surface area contributed by atoms with Crippen molar-refractivity contribution in [2.45, 2.75) is 91.5 Å². The van der Waals surface area contributed by atoms with Crippen LogP contribution in [0.2, 0.25) is 10.0 Å². The fraction of sp³-hybridized carbons (Fsp3) is 0.283. The third-order valence-corrected chi connectivity index (χ3v) is 12.5. The molecule has 3 heterocycles. The summed E-state index contributed by atoms with van der Waals surface area (Å²) in [6, 6.07) is 19.8. The van der Waals surface area contributed by atoms with Crippen LogP contribution in [-0.4, -0.2) is 85.1 Å². The summed E-state index contributed by atoms with van der Waals surface area (Å²) < 4.78 is 25.3. The predicted molar refractivity (Wildman–Crippen MR) is 269 cm³/mol. The van der Waals surface area contributed by atoms with Gasteiger partial charge in [-0.05, 0) is 85.3 Å². The molecule has 0 radical (unpaired) electrons. The second-order valence-corrected chi connectivity index (χ2v) is 17.9. The van der Waals surface area contributed by atoms with Gasteiger partial charge >= 0.3 is 11.9 Å². The largest absolute Gasteiger partial charge is 0.488 e. The van der Waals surface area contributed by atoms with Crippen LogP contribution in [-0.2, 0) is 49.1 Å². The first-order valence-electron chi connectivity index (χ1n) is 22.6. The maximum Gasteiger partial charge on any atom is 0.323 e. The predicted octanol–water partition coefficient (Wildman–Crippen LogP) is 8.03. The number of rotatable bonds is 25. The highest BCUT2D eigenvalue weighted by Gasteiger charge is 2.25. The van der Waals surface area contributed by atoms with Crippen molar-refractivity contribution in [3.63, 3.8) is 0 Å². The van der Waals surface area contributed by atoms with Gasteiger partial charge in [-0.25, -0.2) is 0 Å². The number of aliphatic hydroxyl groups excluding tert-OH is 2. The average molecular weight is 1010 g/mol. The number of carboxylic acid groups (broad SMARTS) is 2. The average Bonchev–Trinajstić information content (AvgIpc) is 4.20. The Kier molecular flexibility index (Phi) is 17.4. The van der Waals surface area contributed by atoms with Crippen LogP contribution in [0.15, 0.2) is 103 Å². The zero-order valence-corrected chi connectivity index (χ0v) is 40.9. The van der Waals surface area contributed by atoms with E-state index in [0.717, 1.165) is 50.2 Å². The molecule has 4 aromatic carbocycles. The van der Waals surface area contributed by atoms with Gasteiger partial charge in [-0.1, -0.05) is 59.6 Å². The van der Waals surface area contributed by atoms with Crippen LogP contribution in [0.1, 0.15) is 69.5 Å². The Bertz CT molecular complexity index is 2950. The third kappa shape index (κ3) is 13.5. The number of nitrogens with one attached hydrogen (secondary N) is 3. The first-order chi connectivity index (χ1) is 34.1. The van der Waals surface area contributed by atoms with Crippen molar-refractivity contribution in [3.05, 3.63) is 163 Å². The molecule has 0 saturated heterocycles. The van der Waals surface area contributed by atoms with Crippen LogP contribution in [0, 0.1) is 19.3 Å². The van der Waals surface area contributed by atoms with Crippen LogP contribution in [0.3, 0.4) is 0 Å². The molecule has 6 aromatic rings. The molecule has 0 aliphatic carbocycles. The Morgan fingerprint density at radius 2 is 1.10 bits per heavy atom. The van der Waals surface area contributed by atoms with Gasteiger partial charge in [0.05, 0.1) is 34.5 Å². The first-order valence-corrected chi connectivity index (χ1v) is 23.4. The molecular formula is C53H54Cl2N6O10. The van der Waals surface area contributed by atoms with Gasteiger partial charge in [-0.3, -0.25) is 35.2 Å². The summed E-state index contributed by atoms with van der Waals surface area (Å²) in [6.45, 7) is 8.10. The van der Waals surface area contributed by atoms with E-state index in [2.05, 4.69) is 25.6 Å². The Balaban J connectivity index is 1.09. The molecule has 1 aliphatic heterocycles. The fourth-order valence-corrected chi connectivity index (χ4v) is 8.28. The Morgan fingerprint density at radius 1 is 0.648 bits per heavy atom. The number of benzene rings is 4. The van der Waals surface area contributed by atoms with Crippen LogP contribution in [0.4, 0.5) is 0 Å². The number of aromatic nitrogens is 2. The van der Waals surface area contributed by atoms with Gasteiger partial charge in [0.15, 0.2) is 0 Å². The van der Waals surface area contributed by atoms with Gasteiger partial charge in [0, 0.05) is 89.6 Å². The number of halogens is 2. The summed E-state index contributed by atoms with van der Waals surface area (Å²) in [7, 11) is 0. The second-order valence-electron chi connectivity index (χ2n) is 17.1. The van der Waals surface area contributed by atoms with E-state index in [-0.39, 0.29) is 49.6 Å². The Hall–Kier alpha value is -6.92. The summed E-state index contributed by atoms with van der Waals surface area (Å²) >= 11 is 13.6. The first kappa shape index (κ1) is 51.9. The van der Waals surface area contributed by atoms with Gasteiger partial charge < -0.3 is 44.8 Å². The van der Waals surface area contributed by atoms with Crippen molar-refractivity contribution >= 4 is 47.1 Å². The molecule has 71 heavy (non-hydrogen) atoms. The number of hydrogen-bond acceptors (Lipinski definition) is 14.